The molecule has 0 bridgehead atoms. The van der Waals surface area contributed by atoms with Gasteiger partial charge in [0.05, 0.1) is 24.9 Å². The van der Waals surface area contributed by atoms with Crippen LogP contribution in [0.5, 0.6) is 0 Å². The van der Waals surface area contributed by atoms with Crippen LogP contribution in [0.15, 0.2) is 18.5 Å². The highest BCUT2D eigenvalue weighted by Gasteiger charge is 2.09. The predicted octanol–water partition coefficient (Wildman–Crippen LogP) is 2.27. The van der Waals surface area contributed by atoms with Gasteiger partial charge in [0.2, 0.25) is 0 Å². The van der Waals surface area contributed by atoms with Gasteiger partial charge < -0.3 is 14.0 Å². The third-order valence-electron chi connectivity index (χ3n) is 3.05. The van der Waals surface area contributed by atoms with Gasteiger partial charge in [-0.05, 0) is 12.5 Å². The molecule has 0 spiro atoms. The standard InChI is InChI=1S/C14H20ClN3O2/c1-19-9-10-20-8-2-7-18-13-4-6-16-11-12(13)17-14(18)3-5-15/h4,6,11H,2-3,5,7-10H2,1H3. The maximum absolute atomic E-state index is 5.85. The van der Waals surface area contributed by atoms with Gasteiger partial charge in [-0.25, -0.2) is 4.98 Å². The summed E-state index contributed by atoms with van der Waals surface area (Å²) in [7, 11) is 1.67. The Hall–Kier alpha value is -1.17. The summed E-state index contributed by atoms with van der Waals surface area (Å²) in [6.45, 7) is 2.87. The number of methoxy groups -OCH3 is 1. The van der Waals surface area contributed by atoms with Crippen LogP contribution < -0.4 is 0 Å². The second-order valence-electron chi connectivity index (χ2n) is 4.44. The van der Waals surface area contributed by atoms with Crippen molar-refractivity contribution in [2.24, 2.45) is 0 Å². The Balaban J connectivity index is 1.98. The lowest BCUT2D eigenvalue weighted by atomic mass is 10.3. The van der Waals surface area contributed by atoms with E-state index in [0.717, 1.165) is 36.2 Å². The van der Waals surface area contributed by atoms with Crippen molar-refractivity contribution in [2.45, 2.75) is 19.4 Å². The molecule has 20 heavy (non-hydrogen) atoms. The molecule has 0 N–H and O–H groups in total. The topological polar surface area (TPSA) is 49.2 Å². The summed E-state index contributed by atoms with van der Waals surface area (Å²) in [5.41, 5.74) is 2.03. The third kappa shape index (κ3) is 3.91. The van der Waals surface area contributed by atoms with E-state index < -0.39 is 0 Å². The number of aryl methyl sites for hydroxylation is 2. The van der Waals surface area contributed by atoms with E-state index >= 15 is 0 Å². The van der Waals surface area contributed by atoms with E-state index in [1.54, 1.807) is 19.5 Å². The fourth-order valence-electron chi connectivity index (χ4n) is 2.13. The fourth-order valence-corrected chi connectivity index (χ4v) is 2.29. The number of hydrogen-bond acceptors (Lipinski definition) is 4. The summed E-state index contributed by atoms with van der Waals surface area (Å²) in [6.07, 6.45) is 5.28. The van der Waals surface area contributed by atoms with Gasteiger partial charge in [0.15, 0.2) is 0 Å². The van der Waals surface area contributed by atoms with Crippen LogP contribution in [-0.4, -0.2) is 47.3 Å². The average molecular weight is 298 g/mol. The molecule has 0 aromatic carbocycles. The molecule has 2 rings (SSSR count). The predicted molar refractivity (Wildman–Crippen MR) is 79.3 cm³/mol. The first-order valence-electron chi connectivity index (χ1n) is 6.78. The third-order valence-corrected chi connectivity index (χ3v) is 3.24. The van der Waals surface area contributed by atoms with E-state index in [-0.39, 0.29) is 0 Å². The molecule has 0 saturated carbocycles. The smallest absolute Gasteiger partial charge is 0.111 e. The Bertz CT molecular complexity index is 530. The first-order valence-corrected chi connectivity index (χ1v) is 7.32. The Morgan fingerprint density at radius 1 is 1.30 bits per heavy atom. The summed E-state index contributed by atoms with van der Waals surface area (Å²) < 4.78 is 12.6. The largest absolute Gasteiger partial charge is 0.382 e. The minimum absolute atomic E-state index is 0.571. The van der Waals surface area contributed by atoms with Gasteiger partial charge in [-0.3, -0.25) is 4.98 Å². The number of alkyl halides is 1. The number of rotatable bonds is 9. The highest BCUT2D eigenvalue weighted by molar-refractivity contribution is 6.17. The number of aromatic nitrogens is 3. The molecule has 2 aromatic heterocycles. The Labute approximate surface area is 123 Å². The van der Waals surface area contributed by atoms with Crippen molar-refractivity contribution in [1.29, 1.82) is 0 Å². The lowest BCUT2D eigenvalue weighted by Crippen LogP contribution is -2.09. The summed E-state index contributed by atoms with van der Waals surface area (Å²) in [5, 5.41) is 0. The Kier molecular flexibility index (Phi) is 6.24. The zero-order valence-corrected chi connectivity index (χ0v) is 12.5. The number of ether oxygens (including phenoxy) is 2. The van der Waals surface area contributed by atoms with Crippen molar-refractivity contribution in [3.63, 3.8) is 0 Å². The molecular formula is C14H20ClN3O2. The second kappa shape index (κ2) is 8.19. The van der Waals surface area contributed by atoms with Crippen molar-refractivity contribution < 1.29 is 9.47 Å². The van der Waals surface area contributed by atoms with E-state index in [2.05, 4.69) is 14.5 Å². The van der Waals surface area contributed by atoms with Crippen LogP contribution in [0.4, 0.5) is 0 Å². The van der Waals surface area contributed by atoms with Crippen molar-refractivity contribution in [3.8, 4) is 0 Å². The number of hydrogen-bond donors (Lipinski definition) is 0. The van der Waals surface area contributed by atoms with Crippen LogP contribution in [0.2, 0.25) is 0 Å². The van der Waals surface area contributed by atoms with Crippen LogP contribution in [-0.2, 0) is 22.4 Å². The van der Waals surface area contributed by atoms with E-state index in [4.69, 9.17) is 21.1 Å². The number of nitrogens with zero attached hydrogens (tertiary/aromatic N) is 3. The van der Waals surface area contributed by atoms with E-state index in [0.29, 0.717) is 25.7 Å². The maximum atomic E-state index is 5.85. The van der Waals surface area contributed by atoms with Crippen molar-refractivity contribution >= 4 is 22.6 Å². The van der Waals surface area contributed by atoms with Gasteiger partial charge >= 0.3 is 0 Å². The molecule has 0 atom stereocenters. The molecule has 0 aliphatic heterocycles. The van der Waals surface area contributed by atoms with Crippen LogP contribution in [0, 0.1) is 0 Å². The molecule has 0 amide bonds. The minimum atomic E-state index is 0.571. The van der Waals surface area contributed by atoms with Gasteiger partial charge in [-0.15, -0.1) is 11.6 Å². The molecule has 0 saturated heterocycles. The lowest BCUT2D eigenvalue weighted by molar-refractivity contribution is 0.0680. The van der Waals surface area contributed by atoms with Gasteiger partial charge in [0, 0.05) is 38.8 Å². The van der Waals surface area contributed by atoms with Crippen molar-refractivity contribution in [1.82, 2.24) is 14.5 Å². The van der Waals surface area contributed by atoms with Gasteiger partial charge in [0.25, 0.3) is 0 Å². The van der Waals surface area contributed by atoms with E-state index in [1.807, 2.05) is 6.07 Å². The number of pyridine rings is 1. The highest BCUT2D eigenvalue weighted by Crippen LogP contribution is 2.16. The summed E-state index contributed by atoms with van der Waals surface area (Å²) in [4.78, 5) is 8.70. The fraction of sp³-hybridized carbons (Fsp3) is 0.571. The first kappa shape index (κ1) is 15.2. The van der Waals surface area contributed by atoms with E-state index in [1.165, 1.54) is 0 Å². The zero-order chi connectivity index (χ0) is 14.2. The zero-order valence-electron chi connectivity index (χ0n) is 11.7. The molecule has 0 aliphatic carbocycles. The molecule has 0 aliphatic rings. The SMILES string of the molecule is COCCOCCCn1c(CCCl)nc2cnccc21. The average Bonchev–Trinajstić information content (AvgIpc) is 2.81. The number of fused-ring (bicyclic) bond motifs is 1. The number of imidazole rings is 1. The quantitative estimate of drug-likeness (QED) is 0.526. The molecule has 110 valence electrons. The molecule has 6 heteroatoms. The number of halogens is 1. The lowest BCUT2D eigenvalue weighted by Gasteiger charge is -2.09. The molecule has 0 fully saturated rings. The maximum Gasteiger partial charge on any atom is 0.111 e. The highest BCUT2D eigenvalue weighted by atomic mass is 35.5. The summed E-state index contributed by atoms with van der Waals surface area (Å²) in [6, 6.07) is 1.99. The Morgan fingerprint density at radius 3 is 3.00 bits per heavy atom. The minimum Gasteiger partial charge on any atom is -0.382 e. The molecule has 0 radical (unpaired) electrons. The normalized spacial score (nSPS) is 11.3. The van der Waals surface area contributed by atoms with Crippen molar-refractivity contribution in [2.75, 3.05) is 32.8 Å². The van der Waals surface area contributed by atoms with Crippen molar-refractivity contribution in [3.05, 3.63) is 24.3 Å². The van der Waals surface area contributed by atoms with Crippen LogP contribution in [0.25, 0.3) is 11.0 Å². The van der Waals surface area contributed by atoms with Crippen LogP contribution >= 0.6 is 11.6 Å². The molecule has 0 unspecified atom stereocenters. The summed E-state index contributed by atoms with van der Waals surface area (Å²) in [5.74, 6) is 1.58. The molecule has 2 aromatic rings. The molecular weight excluding hydrogens is 278 g/mol. The van der Waals surface area contributed by atoms with Gasteiger partial charge in [-0.2, -0.15) is 0 Å². The molecule has 5 nitrogen and oxygen atoms in total. The van der Waals surface area contributed by atoms with Gasteiger partial charge in [0.1, 0.15) is 11.3 Å². The Morgan fingerprint density at radius 2 is 2.20 bits per heavy atom. The second-order valence-corrected chi connectivity index (χ2v) is 4.82. The van der Waals surface area contributed by atoms with Crippen LogP contribution in [0.3, 0.4) is 0 Å². The summed E-state index contributed by atoms with van der Waals surface area (Å²) >= 11 is 5.85. The molecule has 2 heterocycles. The van der Waals surface area contributed by atoms with Gasteiger partial charge in [-0.1, -0.05) is 0 Å². The monoisotopic (exact) mass is 297 g/mol. The van der Waals surface area contributed by atoms with E-state index in [9.17, 15) is 0 Å². The van der Waals surface area contributed by atoms with Crippen LogP contribution in [0.1, 0.15) is 12.2 Å². The first-order chi connectivity index (χ1) is 9.86.